The van der Waals surface area contributed by atoms with Gasteiger partial charge in [0.1, 0.15) is 0 Å². The minimum absolute atomic E-state index is 0.395. The van der Waals surface area contributed by atoms with E-state index >= 15 is 0 Å². The normalized spacial score (nSPS) is 22.0. The fourth-order valence-electron chi connectivity index (χ4n) is 1.85. The first-order valence-electron chi connectivity index (χ1n) is 4.34. The Labute approximate surface area is 69.8 Å². The lowest BCUT2D eigenvalue weighted by molar-refractivity contribution is 0.163. The van der Waals surface area contributed by atoms with Crippen molar-refractivity contribution < 1.29 is 0 Å². The molecule has 0 aliphatic heterocycles. The van der Waals surface area contributed by atoms with Gasteiger partial charge in [0, 0.05) is 5.54 Å². The Morgan fingerprint density at radius 3 is 2.45 bits per heavy atom. The Hall–Kier alpha value is -0.480. The van der Waals surface area contributed by atoms with Gasteiger partial charge in [-0.3, -0.25) is 4.90 Å². The third-order valence-electron chi connectivity index (χ3n) is 2.93. The van der Waals surface area contributed by atoms with Crippen molar-refractivity contribution in [3.05, 3.63) is 0 Å². The summed E-state index contributed by atoms with van der Waals surface area (Å²) >= 11 is 0. The fourth-order valence-corrected chi connectivity index (χ4v) is 1.85. The average Bonchev–Trinajstić information content (AvgIpc) is 2.38. The first kappa shape index (κ1) is 8.62. The molecule has 0 atom stereocenters. The highest BCUT2D eigenvalue weighted by Gasteiger charge is 2.31. The van der Waals surface area contributed by atoms with E-state index in [2.05, 4.69) is 24.8 Å². The molecule has 0 aromatic carbocycles. The van der Waals surface area contributed by atoms with E-state index in [0.29, 0.717) is 5.54 Å². The van der Waals surface area contributed by atoms with Crippen LogP contribution in [0.25, 0.3) is 0 Å². The Morgan fingerprint density at radius 2 is 2.00 bits per heavy atom. The van der Waals surface area contributed by atoms with Gasteiger partial charge >= 0.3 is 0 Å². The molecular formula is C10H17N. The zero-order valence-electron chi connectivity index (χ0n) is 7.56. The highest BCUT2D eigenvalue weighted by Crippen LogP contribution is 2.33. The van der Waals surface area contributed by atoms with Gasteiger partial charge in [0.05, 0.1) is 6.54 Å². The maximum Gasteiger partial charge on any atom is 0.0600 e. The van der Waals surface area contributed by atoms with Crippen LogP contribution >= 0.6 is 0 Å². The van der Waals surface area contributed by atoms with Crippen LogP contribution in [0.3, 0.4) is 0 Å². The van der Waals surface area contributed by atoms with Gasteiger partial charge < -0.3 is 0 Å². The van der Waals surface area contributed by atoms with Crippen molar-refractivity contribution >= 4 is 0 Å². The summed E-state index contributed by atoms with van der Waals surface area (Å²) in [4.78, 5) is 2.31. The van der Waals surface area contributed by atoms with E-state index in [0.717, 1.165) is 6.54 Å². The highest BCUT2D eigenvalue weighted by molar-refractivity contribution is 4.96. The molecular weight excluding hydrogens is 134 g/mol. The summed E-state index contributed by atoms with van der Waals surface area (Å²) in [5, 5.41) is 0. The molecule has 0 bridgehead atoms. The number of hydrogen-bond donors (Lipinski definition) is 0. The van der Waals surface area contributed by atoms with Gasteiger partial charge in [0.15, 0.2) is 0 Å². The second kappa shape index (κ2) is 3.28. The molecule has 1 aliphatic rings. The number of hydrogen-bond acceptors (Lipinski definition) is 1. The molecule has 1 aliphatic carbocycles. The molecule has 11 heavy (non-hydrogen) atoms. The van der Waals surface area contributed by atoms with E-state index in [1.807, 2.05) is 0 Å². The van der Waals surface area contributed by atoms with E-state index in [-0.39, 0.29) is 0 Å². The van der Waals surface area contributed by atoms with Crippen molar-refractivity contribution in [1.29, 1.82) is 0 Å². The van der Waals surface area contributed by atoms with Gasteiger partial charge in [0.2, 0.25) is 0 Å². The van der Waals surface area contributed by atoms with Crippen LogP contribution in [0.1, 0.15) is 32.6 Å². The van der Waals surface area contributed by atoms with Crippen LogP contribution < -0.4 is 0 Å². The molecule has 0 N–H and O–H groups in total. The smallest absolute Gasteiger partial charge is 0.0600 e. The lowest BCUT2D eigenvalue weighted by atomic mass is 9.99. The van der Waals surface area contributed by atoms with Crippen molar-refractivity contribution in [2.45, 2.75) is 38.1 Å². The molecule has 0 amide bonds. The number of terminal acetylenes is 1. The van der Waals surface area contributed by atoms with Crippen molar-refractivity contribution in [3.63, 3.8) is 0 Å². The van der Waals surface area contributed by atoms with Gasteiger partial charge in [0.25, 0.3) is 0 Å². The molecule has 0 aromatic heterocycles. The molecule has 0 saturated heterocycles. The Bertz CT molecular complexity index is 160. The molecule has 0 radical (unpaired) electrons. The zero-order chi connectivity index (χ0) is 8.32. The van der Waals surface area contributed by atoms with Crippen LogP contribution in [0.15, 0.2) is 0 Å². The Kier molecular flexibility index (Phi) is 2.57. The molecule has 1 nitrogen and oxygen atoms in total. The maximum absolute atomic E-state index is 5.26. The molecule has 1 fully saturated rings. The monoisotopic (exact) mass is 151 g/mol. The maximum atomic E-state index is 5.26. The van der Waals surface area contributed by atoms with Gasteiger partial charge in [-0.1, -0.05) is 18.8 Å². The summed E-state index contributed by atoms with van der Waals surface area (Å²) in [5.41, 5.74) is 0.395. The Balaban J connectivity index is 2.50. The Morgan fingerprint density at radius 1 is 1.45 bits per heavy atom. The van der Waals surface area contributed by atoms with Crippen LogP contribution in [-0.2, 0) is 0 Å². The van der Waals surface area contributed by atoms with Crippen molar-refractivity contribution in [2.75, 3.05) is 13.6 Å². The second-order valence-corrected chi connectivity index (χ2v) is 3.76. The first-order chi connectivity index (χ1) is 5.19. The van der Waals surface area contributed by atoms with Gasteiger partial charge in [-0.05, 0) is 26.8 Å². The van der Waals surface area contributed by atoms with E-state index < -0.39 is 0 Å². The van der Waals surface area contributed by atoms with Crippen LogP contribution in [0.4, 0.5) is 0 Å². The largest absolute Gasteiger partial charge is 0.290 e. The van der Waals surface area contributed by atoms with Gasteiger partial charge in [-0.25, -0.2) is 0 Å². The van der Waals surface area contributed by atoms with Gasteiger partial charge in [-0.15, -0.1) is 6.42 Å². The predicted molar refractivity (Wildman–Crippen MR) is 48.3 cm³/mol. The topological polar surface area (TPSA) is 3.24 Å². The molecule has 1 rings (SSSR count). The molecule has 0 aromatic rings. The summed E-state index contributed by atoms with van der Waals surface area (Å²) in [5.74, 6) is 2.70. The third-order valence-corrected chi connectivity index (χ3v) is 2.93. The van der Waals surface area contributed by atoms with E-state index in [4.69, 9.17) is 6.42 Å². The molecule has 0 unspecified atom stereocenters. The SMILES string of the molecule is C#CCN(C)C1(C)CCCC1. The summed E-state index contributed by atoms with van der Waals surface area (Å²) < 4.78 is 0. The number of nitrogens with zero attached hydrogens (tertiary/aromatic N) is 1. The summed E-state index contributed by atoms with van der Waals surface area (Å²) in [6.07, 6.45) is 10.6. The molecule has 1 saturated carbocycles. The quantitative estimate of drug-likeness (QED) is 0.545. The summed E-state index contributed by atoms with van der Waals surface area (Å²) in [7, 11) is 2.13. The predicted octanol–water partition coefficient (Wildman–Crippen LogP) is 1.88. The highest BCUT2D eigenvalue weighted by atomic mass is 15.2. The molecule has 0 heterocycles. The lowest BCUT2D eigenvalue weighted by Crippen LogP contribution is -2.41. The van der Waals surface area contributed by atoms with E-state index in [1.54, 1.807) is 0 Å². The first-order valence-corrected chi connectivity index (χ1v) is 4.34. The molecule has 0 spiro atoms. The summed E-state index contributed by atoms with van der Waals surface area (Å²) in [6, 6.07) is 0. The number of rotatable bonds is 2. The van der Waals surface area contributed by atoms with Crippen molar-refractivity contribution in [3.8, 4) is 12.3 Å². The van der Waals surface area contributed by atoms with E-state index in [9.17, 15) is 0 Å². The second-order valence-electron chi connectivity index (χ2n) is 3.76. The van der Waals surface area contributed by atoms with Crippen LogP contribution in [0.2, 0.25) is 0 Å². The van der Waals surface area contributed by atoms with Crippen LogP contribution in [0.5, 0.6) is 0 Å². The van der Waals surface area contributed by atoms with Gasteiger partial charge in [-0.2, -0.15) is 0 Å². The van der Waals surface area contributed by atoms with Crippen LogP contribution in [0, 0.1) is 12.3 Å². The average molecular weight is 151 g/mol. The fraction of sp³-hybridized carbons (Fsp3) is 0.800. The zero-order valence-corrected chi connectivity index (χ0v) is 7.56. The van der Waals surface area contributed by atoms with Crippen LogP contribution in [-0.4, -0.2) is 24.0 Å². The minimum atomic E-state index is 0.395. The van der Waals surface area contributed by atoms with Crippen molar-refractivity contribution in [1.82, 2.24) is 4.90 Å². The molecule has 62 valence electrons. The lowest BCUT2D eigenvalue weighted by Gasteiger charge is -2.33. The summed E-state index contributed by atoms with van der Waals surface area (Å²) in [6.45, 7) is 3.11. The molecule has 1 heteroatoms. The van der Waals surface area contributed by atoms with E-state index in [1.165, 1.54) is 25.7 Å². The van der Waals surface area contributed by atoms with Crippen molar-refractivity contribution in [2.24, 2.45) is 0 Å². The minimum Gasteiger partial charge on any atom is -0.290 e. The standard InChI is InChI=1S/C10H17N/c1-4-9-11(3)10(2)7-5-6-8-10/h1H,5-9H2,2-3H3. The third kappa shape index (κ3) is 1.75.